The van der Waals surface area contributed by atoms with E-state index in [0.29, 0.717) is 48.0 Å². The molecular weight excluding hydrogens is 558 g/mol. The van der Waals surface area contributed by atoms with Gasteiger partial charge in [0, 0.05) is 82.0 Å². The first-order chi connectivity index (χ1) is 21.4. The fourth-order valence-corrected chi connectivity index (χ4v) is 6.54. The molecule has 3 aromatic rings. The number of nitrogens with zero attached hydrogens (tertiary/aromatic N) is 6. The van der Waals surface area contributed by atoms with Gasteiger partial charge in [0.1, 0.15) is 17.1 Å². The Kier molecular flexibility index (Phi) is 9.29. The van der Waals surface area contributed by atoms with Gasteiger partial charge in [-0.1, -0.05) is 12.1 Å². The van der Waals surface area contributed by atoms with Crippen molar-refractivity contribution in [2.75, 3.05) is 75.1 Å². The number of hydrogen-bond donors (Lipinski definition) is 3. The van der Waals surface area contributed by atoms with Crippen LogP contribution in [0.2, 0.25) is 0 Å². The van der Waals surface area contributed by atoms with Gasteiger partial charge in [0.2, 0.25) is 0 Å². The minimum atomic E-state index is -0.672. The van der Waals surface area contributed by atoms with Gasteiger partial charge in [0.05, 0.1) is 0 Å². The van der Waals surface area contributed by atoms with Crippen molar-refractivity contribution in [3.8, 4) is 11.4 Å². The molecular formula is C32H45N9O3. The molecule has 0 spiro atoms. The smallest absolute Gasteiger partial charge is 0.271 e. The van der Waals surface area contributed by atoms with Crippen molar-refractivity contribution >= 4 is 28.9 Å². The van der Waals surface area contributed by atoms with Crippen LogP contribution in [0.25, 0.3) is 11.4 Å². The molecule has 0 unspecified atom stereocenters. The second-order valence-electron chi connectivity index (χ2n) is 12.2. The van der Waals surface area contributed by atoms with E-state index in [9.17, 15) is 4.79 Å². The number of rotatable bonds is 9. The highest BCUT2D eigenvalue weighted by atomic mass is 16.5. The van der Waals surface area contributed by atoms with Crippen LogP contribution in [-0.2, 0) is 11.2 Å². The topological polar surface area (TPSA) is 138 Å². The molecule has 3 aliphatic heterocycles. The second-order valence-corrected chi connectivity index (χ2v) is 12.2. The van der Waals surface area contributed by atoms with Gasteiger partial charge in [-0.3, -0.25) is 9.69 Å². The highest BCUT2D eigenvalue weighted by molar-refractivity contribution is 5.97. The summed E-state index contributed by atoms with van der Waals surface area (Å²) in [5.74, 6) is 0.791. The molecule has 0 bridgehead atoms. The third kappa shape index (κ3) is 6.82. The Hall–Kier alpha value is -3.74. The number of ether oxygens (including phenoxy) is 1. The molecule has 3 saturated heterocycles. The largest absolute Gasteiger partial charge is 0.381 e. The van der Waals surface area contributed by atoms with E-state index in [0.717, 1.165) is 51.1 Å². The van der Waals surface area contributed by atoms with Crippen molar-refractivity contribution < 1.29 is 14.1 Å². The summed E-state index contributed by atoms with van der Waals surface area (Å²) >= 11 is 0. The molecule has 0 atom stereocenters. The van der Waals surface area contributed by atoms with Gasteiger partial charge in [0.25, 0.3) is 5.91 Å². The third-order valence-electron chi connectivity index (χ3n) is 9.14. The van der Waals surface area contributed by atoms with Gasteiger partial charge in [-0.25, -0.2) is 9.97 Å². The van der Waals surface area contributed by atoms with E-state index >= 15 is 0 Å². The predicted molar refractivity (Wildman–Crippen MR) is 172 cm³/mol. The number of anilines is 4. The molecule has 3 aliphatic rings. The summed E-state index contributed by atoms with van der Waals surface area (Å²) in [4.78, 5) is 29.8. The average Bonchev–Trinajstić information content (AvgIpc) is 3.48. The first kappa shape index (κ1) is 30.3. The van der Waals surface area contributed by atoms with E-state index in [-0.39, 0.29) is 11.7 Å². The second kappa shape index (κ2) is 13.5. The van der Waals surface area contributed by atoms with Gasteiger partial charge < -0.3 is 35.4 Å². The molecule has 44 heavy (non-hydrogen) atoms. The standard InChI is InChI=1S/C32H45N9O3/c1-4-22-20-24(5-6-27(22)41-11-7-25(8-12-41)40-15-13-39(3)14-16-40)35-32-29(30(33)42)36-28(26-19-21(2)44-38-26)31(37-32)34-23-9-17-43-18-10-23/h5-6,19-20,23,25H,4,7-18H2,1-3H3,(H2,33,42)(H2,34,35,37). The van der Waals surface area contributed by atoms with E-state index in [1.165, 1.54) is 37.2 Å². The fourth-order valence-electron chi connectivity index (χ4n) is 6.54. The number of nitrogens with one attached hydrogen (secondary N) is 2. The zero-order valence-electron chi connectivity index (χ0n) is 26.1. The van der Waals surface area contributed by atoms with Crippen molar-refractivity contribution in [1.29, 1.82) is 0 Å². The van der Waals surface area contributed by atoms with Crippen LogP contribution >= 0.6 is 0 Å². The van der Waals surface area contributed by atoms with Gasteiger partial charge >= 0.3 is 0 Å². The molecule has 0 aliphatic carbocycles. The molecule has 0 saturated carbocycles. The first-order valence-electron chi connectivity index (χ1n) is 15.9. The number of carbonyl (C=O) groups is 1. The molecule has 1 aromatic carbocycles. The zero-order chi connectivity index (χ0) is 30.6. The normalized spacial score (nSPS) is 19.3. The minimum absolute atomic E-state index is 0.0475. The number of aromatic nitrogens is 3. The highest BCUT2D eigenvalue weighted by Crippen LogP contribution is 2.33. The molecule has 12 heteroatoms. The summed E-state index contributed by atoms with van der Waals surface area (Å²) in [7, 11) is 2.21. The molecule has 5 heterocycles. The zero-order valence-corrected chi connectivity index (χ0v) is 26.1. The number of primary amides is 1. The minimum Gasteiger partial charge on any atom is -0.381 e. The summed E-state index contributed by atoms with van der Waals surface area (Å²) in [6, 6.07) is 8.98. The van der Waals surface area contributed by atoms with Crippen LogP contribution in [-0.4, -0.2) is 102 Å². The van der Waals surface area contributed by atoms with Crippen molar-refractivity contribution in [3.63, 3.8) is 0 Å². The number of hydrogen-bond acceptors (Lipinski definition) is 11. The summed E-state index contributed by atoms with van der Waals surface area (Å²) in [5.41, 5.74) is 10.1. The van der Waals surface area contributed by atoms with E-state index in [4.69, 9.17) is 20.0 Å². The van der Waals surface area contributed by atoms with Crippen molar-refractivity contribution in [2.24, 2.45) is 5.73 Å². The Morgan fingerprint density at radius 3 is 2.41 bits per heavy atom. The monoisotopic (exact) mass is 603 g/mol. The quantitative estimate of drug-likeness (QED) is 0.330. The summed E-state index contributed by atoms with van der Waals surface area (Å²) in [6.07, 6.45) is 4.94. The Labute approximate surface area is 259 Å². The van der Waals surface area contributed by atoms with Gasteiger partial charge in [0.15, 0.2) is 17.3 Å². The van der Waals surface area contributed by atoms with Crippen LogP contribution in [0.3, 0.4) is 0 Å². The molecule has 0 radical (unpaired) electrons. The maximum Gasteiger partial charge on any atom is 0.271 e. The number of aryl methyl sites for hydroxylation is 2. The van der Waals surface area contributed by atoms with Crippen LogP contribution in [0.15, 0.2) is 28.8 Å². The van der Waals surface area contributed by atoms with E-state index < -0.39 is 5.91 Å². The number of piperazine rings is 1. The lowest BCUT2D eigenvalue weighted by molar-refractivity contribution is 0.0904. The van der Waals surface area contributed by atoms with Gasteiger partial charge in [-0.05, 0) is 69.8 Å². The van der Waals surface area contributed by atoms with Crippen LogP contribution in [0.1, 0.15) is 54.4 Å². The number of benzene rings is 1. The van der Waals surface area contributed by atoms with Crippen LogP contribution in [0, 0.1) is 6.92 Å². The maximum absolute atomic E-state index is 12.6. The van der Waals surface area contributed by atoms with Gasteiger partial charge in [-0.2, -0.15) is 0 Å². The van der Waals surface area contributed by atoms with Crippen molar-refractivity contribution in [1.82, 2.24) is 24.9 Å². The maximum atomic E-state index is 12.6. The molecule has 2 aromatic heterocycles. The SMILES string of the molecule is CCc1cc(Nc2nc(NC3CCOCC3)c(-c3cc(C)on3)nc2C(N)=O)ccc1N1CCC(N2CCN(C)CC2)CC1. The van der Waals surface area contributed by atoms with Crippen LogP contribution in [0.4, 0.5) is 23.0 Å². The molecule has 12 nitrogen and oxygen atoms in total. The lowest BCUT2D eigenvalue weighted by atomic mass is 10.00. The first-order valence-corrected chi connectivity index (χ1v) is 15.9. The third-order valence-corrected chi connectivity index (χ3v) is 9.14. The van der Waals surface area contributed by atoms with Crippen LogP contribution in [0.5, 0.6) is 0 Å². The molecule has 3 fully saturated rings. The predicted octanol–water partition coefficient (Wildman–Crippen LogP) is 3.65. The number of amides is 1. The van der Waals surface area contributed by atoms with E-state index in [1.807, 2.05) is 13.0 Å². The Morgan fingerprint density at radius 2 is 1.75 bits per heavy atom. The lowest BCUT2D eigenvalue weighted by Crippen LogP contribution is -2.52. The van der Waals surface area contributed by atoms with Crippen molar-refractivity contribution in [3.05, 3.63) is 41.3 Å². The highest BCUT2D eigenvalue weighted by Gasteiger charge is 2.28. The molecule has 6 rings (SSSR count). The molecule has 1 amide bonds. The number of likely N-dealkylation sites (N-methyl/N-ethyl adjacent to an activating group) is 1. The number of nitrogens with two attached hydrogens (primary N) is 1. The van der Waals surface area contributed by atoms with E-state index in [2.05, 4.69) is 61.6 Å². The Morgan fingerprint density at radius 1 is 1.00 bits per heavy atom. The Bertz CT molecular complexity index is 1440. The number of piperidine rings is 1. The average molecular weight is 604 g/mol. The fraction of sp³-hybridized carbons (Fsp3) is 0.562. The Balaban J connectivity index is 1.23. The number of carbonyl (C=O) groups excluding carboxylic acids is 1. The summed E-state index contributed by atoms with van der Waals surface area (Å²) in [5, 5.41) is 11.0. The molecule has 236 valence electrons. The summed E-state index contributed by atoms with van der Waals surface area (Å²) in [6.45, 7) is 12.1. The van der Waals surface area contributed by atoms with Gasteiger partial charge in [-0.15, -0.1) is 0 Å². The van der Waals surface area contributed by atoms with Crippen molar-refractivity contribution in [2.45, 2.75) is 58.0 Å². The lowest BCUT2D eigenvalue weighted by Gasteiger charge is -2.43. The van der Waals surface area contributed by atoms with Crippen LogP contribution < -0.4 is 21.3 Å². The molecule has 4 N–H and O–H groups in total. The summed E-state index contributed by atoms with van der Waals surface area (Å²) < 4.78 is 10.8. The van der Waals surface area contributed by atoms with E-state index in [1.54, 1.807) is 6.07 Å².